The van der Waals surface area contributed by atoms with Gasteiger partial charge >= 0.3 is 5.97 Å². The van der Waals surface area contributed by atoms with Crippen molar-refractivity contribution in [2.24, 2.45) is 0 Å². The van der Waals surface area contributed by atoms with Gasteiger partial charge in [-0.1, -0.05) is 31.9 Å². The first-order valence-corrected chi connectivity index (χ1v) is 5.05. The Labute approximate surface area is 81.0 Å². The minimum Gasteiger partial charge on any atom is -0.466 e. The van der Waals surface area contributed by atoms with E-state index in [1.165, 1.54) is 26.2 Å². The van der Waals surface area contributed by atoms with Crippen LogP contribution in [0.3, 0.4) is 0 Å². The second-order valence-electron chi connectivity index (χ2n) is 3.10. The lowest BCUT2D eigenvalue weighted by atomic mass is 10.2. The van der Waals surface area contributed by atoms with Crippen molar-refractivity contribution in [3.05, 3.63) is 12.2 Å². The van der Waals surface area contributed by atoms with Crippen molar-refractivity contribution in [2.45, 2.75) is 46.0 Å². The van der Waals surface area contributed by atoms with Gasteiger partial charge in [0.15, 0.2) is 0 Å². The molecule has 2 nitrogen and oxygen atoms in total. The van der Waals surface area contributed by atoms with Gasteiger partial charge in [0.05, 0.1) is 6.61 Å². The van der Waals surface area contributed by atoms with Gasteiger partial charge in [-0.15, -0.1) is 0 Å². The third kappa shape index (κ3) is 11.2. The SMILES string of the molecule is CCCCCC=CCCOC(C)=O. The first kappa shape index (κ1) is 12.2. The van der Waals surface area contributed by atoms with Crippen molar-refractivity contribution < 1.29 is 9.53 Å². The van der Waals surface area contributed by atoms with E-state index >= 15 is 0 Å². The van der Waals surface area contributed by atoms with Crippen LogP contribution in [0.4, 0.5) is 0 Å². The van der Waals surface area contributed by atoms with Crippen molar-refractivity contribution in [1.29, 1.82) is 0 Å². The standard InChI is InChI=1S/C11H20O2/c1-3-4-5-6-7-8-9-10-13-11(2)12/h7-8H,3-6,9-10H2,1-2H3. The van der Waals surface area contributed by atoms with Gasteiger partial charge in [-0.2, -0.15) is 0 Å². The maximum atomic E-state index is 10.4. The number of carbonyl (C=O) groups is 1. The molecule has 0 atom stereocenters. The Morgan fingerprint density at radius 2 is 1.92 bits per heavy atom. The largest absolute Gasteiger partial charge is 0.466 e. The van der Waals surface area contributed by atoms with Crippen LogP contribution in [-0.2, 0) is 9.53 Å². The molecule has 0 aliphatic carbocycles. The van der Waals surface area contributed by atoms with E-state index in [1.54, 1.807) is 0 Å². The van der Waals surface area contributed by atoms with Crippen LogP contribution in [-0.4, -0.2) is 12.6 Å². The van der Waals surface area contributed by atoms with E-state index in [1.807, 2.05) is 0 Å². The Balaban J connectivity index is 3.08. The summed E-state index contributed by atoms with van der Waals surface area (Å²) >= 11 is 0. The van der Waals surface area contributed by atoms with Gasteiger partial charge in [0.2, 0.25) is 0 Å². The molecule has 0 unspecified atom stereocenters. The molecule has 0 bridgehead atoms. The van der Waals surface area contributed by atoms with Crippen molar-refractivity contribution in [1.82, 2.24) is 0 Å². The van der Waals surface area contributed by atoms with E-state index in [0.717, 1.165) is 12.8 Å². The quantitative estimate of drug-likeness (QED) is 0.345. The number of carbonyl (C=O) groups excluding carboxylic acids is 1. The molecular weight excluding hydrogens is 164 g/mol. The molecule has 0 heterocycles. The molecule has 0 radical (unpaired) electrons. The highest BCUT2D eigenvalue weighted by atomic mass is 16.5. The van der Waals surface area contributed by atoms with E-state index in [9.17, 15) is 4.79 Å². The van der Waals surface area contributed by atoms with Gasteiger partial charge in [0.25, 0.3) is 0 Å². The minimum atomic E-state index is -0.195. The van der Waals surface area contributed by atoms with Crippen LogP contribution in [0, 0.1) is 0 Å². The van der Waals surface area contributed by atoms with Gasteiger partial charge in [0.1, 0.15) is 0 Å². The Morgan fingerprint density at radius 1 is 1.23 bits per heavy atom. The van der Waals surface area contributed by atoms with Crippen LogP contribution in [0.25, 0.3) is 0 Å². The van der Waals surface area contributed by atoms with Crippen molar-refractivity contribution in [2.75, 3.05) is 6.61 Å². The summed E-state index contributed by atoms with van der Waals surface area (Å²) in [5.41, 5.74) is 0. The molecule has 0 spiro atoms. The third-order valence-corrected chi connectivity index (χ3v) is 1.73. The monoisotopic (exact) mass is 184 g/mol. The number of hydrogen-bond donors (Lipinski definition) is 0. The topological polar surface area (TPSA) is 26.3 Å². The Morgan fingerprint density at radius 3 is 2.54 bits per heavy atom. The smallest absolute Gasteiger partial charge is 0.302 e. The highest BCUT2D eigenvalue weighted by Crippen LogP contribution is 2.00. The average Bonchev–Trinajstić information content (AvgIpc) is 2.09. The molecule has 0 rings (SSSR count). The molecule has 0 fully saturated rings. The Hall–Kier alpha value is -0.790. The maximum absolute atomic E-state index is 10.4. The fourth-order valence-electron chi connectivity index (χ4n) is 1.02. The summed E-state index contributed by atoms with van der Waals surface area (Å²) < 4.78 is 4.78. The van der Waals surface area contributed by atoms with Crippen LogP contribution < -0.4 is 0 Å². The first-order chi connectivity index (χ1) is 6.27. The summed E-state index contributed by atoms with van der Waals surface area (Å²) in [7, 11) is 0. The van der Waals surface area contributed by atoms with Gasteiger partial charge < -0.3 is 4.74 Å². The molecule has 0 amide bonds. The summed E-state index contributed by atoms with van der Waals surface area (Å²) in [5.74, 6) is -0.195. The zero-order valence-corrected chi connectivity index (χ0v) is 8.71. The summed E-state index contributed by atoms with van der Waals surface area (Å²) in [6.07, 6.45) is 10.1. The lowest BCUT2D eigenvalue weighted by Gasteiger charge is -1.96. The molecular formula is C11H20O2. The lowest BCUT2D eigenvalue weighted by molar-refractivity contribution is -0.140. The molecule has 0 N–H and O–H groups in total. The summed E-state index contributed by atoms with van der Waals surface area (Å²) in [6.45, 7) is 4.15. The molecule has 0 saturated heterocycles. The zero-order valence-electron chi connectivity index (χ0n) is 8.71. The molecule has 2 heteroatoms. The fraction of sp³-hybridized carbons (Fsp3) is 0.727. The molecule has 13 heavy (non-hydrogen) atoms. The summed E-state index contributed by atoms with van der Waals surface area (Å²) in [5, 5.41) is 0. The first-order valence-electron chi connectivity index (χ1n) is 5.05. The normalized spacial score (nSPS) is 10.6. The van der Waals surface area contributed by atoms with Gasteiger partial charge in [-0.05, 0) is 19.3 Å². The number of allylic oxidation sites excluding steroid dienone is 1. The van der Waals surface area contributed by atoms with E-state index in [4.69, 9.17) is 4.74 Å². The van der Waals surface area contributed by atoms with Crippen LogP contribution >= 0.6 is 0 Å². The van der Waals surface area contributed by atoms with Crippen LogP contribution in [0.5, 0.6) is 0 Å². The van der Waals surface area contributed by atoms with Crippen LogP contribution in [0.2, 0.25) is 0 Å². The van der Waals surface area contributed by atoms with E-state index < -0.39 is 0 Å². The Kier molecular flexibility index (Phi) is 8.73. The lowest BCUT2D eigenvalue weighted by Crippen LogP contribution is -1.98. The third-order valence-electron chi connectivity index (χ3n) is 1.73. The van der Waals surface area contributed by atoms with Gasteiger partial charge in [-0.25, -0.2) is 0 Å². The number of hydrogen-bond acceptors (Lipinski definition) is 2. The molecule has 0 aromatic rings. The molecule has 76 valence electrons. The second kappa shape index (κ2) is 9.30. The molecule has 0 aliphatic rings. The highest BCUT2D eigenvalue weighted by molar-refractivity contribution is 5.65. The maximum Gasteiger partial charge on any atom is 0.302 e. The van der Waals surface area contributed by atoms with Crippen molar-refractivity contribution in [3.8, 4) is 0 Å². The summed E-state index contributed by atoms with van der Waals surface area (Å²) in [4.78, 5) is 10.4. The molecule has 0 aromatic carbocycles. The summed E-state index contributed by atoms with van der Waals surface area (Å²) in [6, 6.07) is 0. The number of ether oxygens (including phenoxy) is 1. The fourth-order valence-corrected chi connectivity index (χ4v) is 1.02. The predicted octanol–water partition coefficient (Wildman–Crippen LogP) is 3.08. The van der Waals surface area contributed by atoms with Gasteiger partial charge in [-0.3, -0.25) is 4.79 Å². The second-order valence-corrected chi connectivity index (χ2v) is 3.10. The van der Waals surface area contributed by atoms with E-state index in [2.05, 4.69) is 19.1 Å². The average molecular weight is 184 g/mol. The van der Waals surface area contributed by atoms with E-state index in [-0.39, 0.29) is 5.97 Å². The number of esters is 1. The predicted molar refractivity (Wildman–Crippen MR) is 54.5 cm³/mol. The minimum absolute atomic E-state index is 0.195. The van der Waals surface area contributed by atoms with Crippen molar-refractivity contribution >= 4 is 5.97 Å². The molecule has 0 aliphatic heterocycles. The van der Waals surface area contributed by atoms with Crippen molar-refractivity contribution in [3.63, 3.8) is 0 Å². The molecule has 0 saturated carbocycles. The zero-order chi connectivity index (χ0) is 9.94. The number of rotatable bonds is 7. The highest BCUT2D eigenvalue weighted by Gasteiger charge is 1.88. The molecule has 0 aromatic heterocycles. The van der Waals surface area contributed by atoms with Crippen LogP contribution in [0.1, 0.15) is 46.0 Å². The van der Waals surface area contributed by atoms with Gasteiger partial charge in [0, 0.05) is 6.92 Å². The van der Waals surface area contributed by atoms with E-state index in [0.29, 0.717) is 6.61 Å². The Bertz CT molecular complexity index is 150. The number of unbranched alkanes of at least 4 members (excludes halogenated alkanes) is 3. The van der Waals surface area contributed by atoms with Crippen LogP contribution in [0.15, 0.2) is 12.2 Å².